The van der Waals surface area contributed by atoms with E-state index in [1.54, 1.807) is 6.92 Å². The van der Waals surface area contributed by atoms with Crippen LogP contribution >= 0.6 is 0 Å². The lowest BCUT2D eigenvalue weighted by Gasteiger charge is -2.30. The van der Waals surface area contributed by atoms with Crippen molar-refractivity contribution in [3.8, 4) is 5.75 Å². The summed E-state index contributed by atoms with van der Waals surface area (Å²) in [4.78, 5) is 0. The highest BCUT2D eigenvalue weighted by atomic mass is 19.4. The highest BCUT2D eigenvalue weighted by molar-refractivity contribution is 5.45. The number of alkyl halides is 6. The highest BCUT2D eigenvalue weighted by Crippen LogP contribution is 2.47. The topological polar surface area (TPSA) is 35.2 Å². The lowest BCUT2D eigenvalue weighted by Crippen LogP contribution is -2.44. The van der Waals surface area contributed by atoms with Crippen molar-refractivity contribution in [2.45, 2.75) is 32.2 Å². The minimum absolute atomic E-state index is 0.0847. The quantitative estimate of drug-likeness (QED) is 0.854. The zero-order chi connectivity index (χ0) is 16.6. The van der Waals surface area contributed by atoms with Crippen LogP contribution in [0.2, 0.25) is 0 Å². The SMILES string of the molecule is COc1cc(C)cc(C)c1C(N)C(C(F)(F)F)C(F)(F)F. The largest absolute Gasteiger partial charge is 0.496 e. The molecule has 0 aromatic heterocycles. The minimum Gasteiger partial charge on any atom is -0.496 e. The Balaban J connectivity index is 3.44. The molecule has 2 nitrogen and oxygen atoms in total. The lowest BCUT2D eigenvalue weighted by atomic mass is 9.88. The van der Waals surface area contributed by atoms with E-state index in [2.05, 4.69) is 0 Å². The molecule has 2 N–H and O–H groups in total. The number of ether oxygens (including phenoxy) is 1. The third-order valence-electron chi connectivity index (χ3n) is 3.11. The Bertz CT molecular complexity index is 495. The molecule has 8 heteroatoms. The maximum atomic E-state index is 12.8. The van der Waals surface area contributed by atoms with Crippen LogP contribution in [0.15, 0.2) is 12.1 Å². The van der Waals surface area contributed by atoms with Gasteiger partial charge in [-0.1, -0.05) is 6.07 Å². The lowest BCUT2D eigenvalue weighted by molar-refractivity contribution is -0.290. The maximum Gasteiger partial charge on any atom is 0.402 e. The van der Waals surface area contributed by atoms with Crippen LogP contribution in [-0.2, 0) is 0 Å². The number of methoxy groups -OCH3 is 1. The van der Waals surface area contributed by atoms with Gasteiger partial charge in [0.1, 0.15) is 5.75 Å². The molecule has 1 unspecified atom stereocenters. The van der Waals surface area contributed by atoms with Gasteiger partial charge in [0.25, 0.3) is 0 Å². The molecule has 0 amide bonds. The first-order chi connectivity index (χ1) is 9.39. The second kappa shape index (κ2) is 5.75. The molecular formula is C13H15F6NO. The van der Waals surface area contributed by atoms with E-state index < -0.39 is 24.3 Å². The van der Waals surface area contributed by atoms with Crippen molar-refractivity contribution in [3.05, 3.63) is 28.8 Å². The van der Waals surface area contributed by atoms with E-state index >= 15 is 0 Å². The molecule has 0 saturated heterocycles. The maximum absolute atomic E-state index is 12.8. The Morgan fingerprint density at radius 1 is 1.00 bits per heavy atom. The van der Waals surface area contributed by atoms with Crippen molar-refractivity contribution >= 4 is 0 Å². The van der Waals surface area contributed by atoms with Gasteiger partial charge in [0.15, 0.2) is 5.92 Å². The molecule has 0 bridgehead atoms. The fourth-order valence-electron chi connectivity index (χ4n) is 2.30. The molecule has 0 saturated carbocycles. The molecule has 120 valence electrons. The van der Waals surface area contributed by atoms with Crippen LogP contribution in [-0.4, -0.2) is 19.5 Å². The molecule has 1 atom stereocenters. The van der Waals surface area contributed by atoms with Crippen molar-refractivity contribution in [1.29, 1.82) is 0 Å². The number of aryl methyl sites for hydroxylation is 2. The average molecular weight is 315 g/mol. The highest BCUT2D eigenvalue weighted by Gasteiger charge is 2.60. The summed E-state index contributed by atoms with van der Waals surface area (Å²) in [6.45, 7) is 3.05. The summed E-state index contributed by atoms with van der Waals surface area (Å²) in [7, 11) is 1.17. The molecule has 0 heterocycles. The predicted molar refractivity (Wildman–Crippen MR) is 65.0 cm³/mol. The fourth-order valence-corrected chi connectivity index (χ4v) is 2.30. The smallest absolute Gasteiger partial charge is 0.402 e. The van der Waals surface area contributed by atoms with Gasteiger partial charge in [-0.05, 0) is 31.0 Å². The number of benzene rings is 1. The van der Waals surface area contributed by atoms with Crippen molar-refractivity contribution in [2.75, 3.05) is 7.11 Å². The summed E-state index contributed by atoms with van der Waals surface area (Å²) >= 11 is 0. The summed E-state index contributed by atoms with van der Waals surface area (Å²) in [6.07, 6.45) is -11.0. The second-order valence-electron chi connectivity index (χ2n) is 4.78. The molecule has 0 fully saturated rings. The van der Waals surface area contributed by atoms with Gasteiger partial charge in [-0.2, -0.15) is 26.3 Å². The predicted octanol–water partition coefficient (Wildman–Crippen LogP) is 4.05. The summed E-state index contributed by atoms with van der Waals surface area (Å²) in [6, 6.07) is 0.522. The molecule has 0 radical (unpaired) electrons. The van der Waals surface area contributed by atoms with Gasteiger partial charge in [-0.3, -0.25) is 0 Å². The second-order valence-corrected chi connectivity index (χ2v) is 4.78. The monoisotopic (exact) mass is 315 g/mol. The van der Waals surface area contributed by atoms with Gasteiger partial charge in [0, 0.05) is 5.56 Å². The minimum atomic E-state index is -5.50. The molecule has 0 aliphatic carbocycles. The summed E-state index contributed by atoms with van der Waals surface area (Å²) < 4.78 is 81.4. The number of halogens is 6. The molecule has 1 aromatic rings. The first-order valence-corrected chi connectivity index (χ1v) is 5.93. The number of rotatable bonds is 3. The van der Waals surface area contributed by atoms with Crippen LogP contribution in [0.25, 0.3) is 0 Å². The Kier molecular flexibility index (Phi) is 4.82. The van der Waals surface area contributed by atoms with Gasteiger partial charge in [0.2, 0.25) is 0 Å². The van der Waals surface area contributed by atoms with Crippen LogP contribution in [0.1, 0.15) is 22.7 Å². The van der Waals surface area contributed by atoms with E-state index in [1.165, 1.54) is 26.2 Å². The van der Waals surface area contributed by atoms with Crippen LogP contribution in [0.4, 0.5) is 26.3 Å². The van der Waals surface area contributed by atoms with Gasteiger partial charge in [0.05, 0.1) is 13.2 Å². The van der Waals surface area contributed by atoms with Crippen LogP contribution in [0, 0.1) is 19.8 Å². The Morgan fingerprint density at radius 2 is 1.48 bits per heavy atom. The van der Waals surface area contributed by atoms with Gasteiger partial charge < -0.3 is 10.5 Å². The molecule has 0 aliphatic rings. The number of hydrogen-bond acceptors (Lipinski definition) is 2. The third-order valence-corrected chi connectivity index (χ3v) is 3.11. The molecule has 1 rings (SSSR count). The zero-order valence-electron chi connectivity index (χ0n) is 11.6. The zero-order valence-corrected chi connectivity index (χ0v) is 11.6. The molecular weight excluding hydrogens is 300 g/mol. The Hall–Kier alpha value is -1.44. The van der Waals surface area contributed by atoms with Crippen LogP contribution in [0.3, 0.4) is 0 Å². The molecule has 21 heavy (non-hydrogen) atoms. The van der Waals surface area contributed by atoms with E-state index in [9.17, 15) is 26.3 Å². The number of nitrogens with two attached hydrogens (primary N) is 1. The van der Waals surface area contributed by atoms with Crippen LogP contribution < -0.4 is 10.5 Å². The fraction of sp³-hybridized carbons (Fsp3) is 0.538. The first-order valence-electron chi connectivity index (χ1n) is 5.93. The van der Waals surface area contributed by atoms with Crippen molar-refractivity contribution < 1.29 is 31.1 Å². The summed E-state index contributed by atoms with van der Waals surface area (Å²) in [5, 5.41) is 0. The van der Waals surface area contributed by atoms with Gasteiger partial charge >= 0.3 is 12.4 Å². The number of hydrogen-bond donors (Lipinski definition) is 1. The average Bonchev–Trinajstić information content (AvgIpc) is 2.22. The molecule has 1 aromatic carbocycles. The van der Waals surface area contributed by atoms with E-state index in [0.717, 1.165) is 0 Å². The standard InChI is InChI=1S/C13H15F6NO/c1-6-4-7(2)9(8(5-6)21-3)10(20)11(12(14,15)16)13(17,18)19/h4-5,10-11H,20H2,1-3H3. The van der Waals surface area contributed by atoms with Crippen molar-refractivity contribution in [2.24, 2.45) is 11.7 Å². The normalized spacial score (nSPS) is 14.4. The Morgan fingerprint density at radius 3 is 1.86 bits per heavy atom. The summed E-state index contributed by atoms with van der Waals surface area (Å²) in [5.41, 5.74) is 5.90. The molecule has 0 aliphatic heterocycles. The first kappa shape index (κ1) is 17.6. The molecule has 0 spiro atoms. The van der Waals surface area contributed by atoms with E-state index in [-0.39, 0.29) is 16.9 Å². The van der Waals surface area contributed by atoms with Gasteiger partial charge in [-0.15, -0.1) is 0 Å². The van der Waals surface area contributed by atoms with Crippen LogP contribution in [0.5, 0.6) is 5.75 Å². The van der Waals surface area contributed by atoms with E-state index in [4.69, 9.17) is 10.5 Å². The summed E-state index contributed by atoms with van der Waals surface area (Å²) in [5.74, 6) is -3.74. The van der Waals surface area contributed by atoms with E-state index in [0.29, 0.717) is 5.56 Å². The van der Waals surface area contributed by atoms with E-state index in [1.807, 2.05) is 0 Å². The van der Waals surface area contributed by atoms with Crippen molar-refractivity contribution in [3.63, 3.8) is 0 Å². The Labute approximate surface area is 117 Å². The third kappa shape index (κ3) is 3.81. The van der Waals surface area contributed by atoms with Gasteiger partial charge in [-0.25, -0.2) is 0 Å². The van der Waals surface area contributed by atoms with Crippen molar-refractivity contribution in [1.82, 2.24) is 0 Å².